The molecule has 1 aromatic carbocycles. The van der Waals surface area contributed by atoms with Gasteiger partial charge in [0.1, 0.15) is 11.3 Å². The molecule has 1 fully saturated rings. The van der Waals surface area contributed by atoms with Gasteiger partial charge >= 0.3 is 7.12 Å². The molecule has 0 aliphatic carbocycles. The number of rotatable bonds is 4. The van der Waals surface area contributed by atoms with E-state index in [9.17, 15) is 15.1 Å². The molecule has 4 N–H and O–H groups in total. The standard InChI is InChI=1S/C18H17BClN5O4/c20-14-6-19(27)29-16-2-1-11(5-12(14)16)23-18-13(17(22)26)8-25(24-18)15-9-28-4-3-10(15)7-21/h1-2,5-6,8,10,15,27H,3-4,9H2,(H2,22,26)(H,23,24)/t10?,15-/m0/s1. The average molecular weight is 414 g/mol. The van der Waals surface area contributed by atoms with Crippen molar-refractivity contribution in [2.45, 2.75) is 12.5 Å². The van der Waals surface area contributed by atoms with Crippen LogP contribution in [0.1, 0.15) is 28.4 Å². The number of aromatic nitrogens is 2. The third-order valence-electron chi connectivity index (χ3n) is 4.87. The molecular formula is C18H17BClN5O4. The smallest absolute Gasteiger partial charge is 0.532 e. The number of benzene rings is 1. The number of ether oxygens (including phenoxy) is 1. The van der Waals surface area contributed by atoms with Gasteiger partial charge in [0, 0.05) is 29.1 Å². The molecule has 29 heavy (non-hydrogen) atoms. The van der Waals surface area contributed by atoms with Crippen LogP contribution in [0.25, 0.3) is 5.03 Å². The van der Waals surface area contributed by atoms with Gasteiger partial charge in [0.2, 0.25) is 0 Å². The molecular weight excluding hydrogens is 396 g/mol. The second kappa shape index (κ2) is 7.79. The Morgan fingerprint density at radius 3 is 3.10 bits per heavy atom. The number of carbonyl (C=O) groups excluding carboxylic acids is 1. The number of nitrogens with one attached hydrogen (secondary N) is 1. The molecule has 1 aromatic heterocycles. The largest absolute Gasteiger partial charge is 0.553 e. The lowest BCUT2D eigenvalue weighted by Crippen LogP contribution is -2.29. The van der Waals surface area contributed by atoms with Gasteiger partial charge in [-0.2, -0.15) is 10.4 Å². The van der Waals surface area contributed by atoms with Crippen LogP contribution < -0.4 is 15.7 Å². The van der Waals surface area contributed by atoms with Crippen molar-refractivity contribution in [3.63, 3.8) is 0 Å². The summed E-state index contributed by atoms with van der Waals surface area (Å²) in [7, 11) is -1.10. The predicted octanol–water partition coefficient (Wildman–Crippen LogP) is 1.82. The zero-order valence-electron chi connectivity index (χ0n) is 15.2. The minimum absolute atomic E-state index is 0.193. The Labute approximate surface area is 171 Å². The normalized spacial score (nSPS) is 20.9. The molecule has 0 spiro atoms. The summed E-state index contributed by atoms with van der Waals surface area (Å²) >= 11 is 6.19. The molecule has 11 heteroatoms. The number of anilines is 2. The molecule has 0 radical (unpaired) electrons. The number of nitrogens with zero attached hydrogens (tertiary/aromatic N) is 3. The molecule has 4 rings (SSSR count). The molecule has 1 saturated heterocycles. The molecule has 0 saturated carbocycles. The zero-order valence-corrected chi connectivity index (χ0v) is 16.0. The van der Waals surface area contributed by atoms with E-state index >= 15 is 0 Å². The van der Waals surface area contributed by atoms with E-state index in [1.165, 1.54) is 12.2 Å². The Hall–Kier alpha value is -3.00. The fourth-order valence-electron chi connectivity index (χ4n) is 3.38. The van der Waals surface area contributed by atoms with Crippen LogP contribution in [-0.4, -0.2) is 41.0 Å². The quantitative estimate of drug-likeness (QED) is 0.650. The minimum Gasteiger partial charge on any atom is -0.532 e. The lowest BCUT2D eigenvalue weighted by Gasteiger charge is -2.26. The van der Waals surface area contributed by atoms with Crippen molar-refractivity contribution in [2.24, 2.45) is 11.7 Å². The van der Waals surface area contributed by atoms with E-state index in [0.29, 0.717) is 41.7 Å². The SMILES string of the molecule is N#CC1CCOC[C@@H]1n1cc(C(N)=O)c(Nc2ccc3c(c2)C(Cl)=CB(O)O3)n1. The van der Waals surface area contributed by atoms with Crippen LogP contribution in [0, 0.1) is 17.2 Å². The van der Waals surface area contributed by atoms with E-state index in [1.54, 1.807) is 22.9 Å². The summed E-state index contributed by atoms with van der Waals surface area (Å²) in [6.45, 7) is 0.848. The summed E-state index contributed by atoms with van der Waals surface area (Å²) in [6, 6.07) is 7.03. The van der Waals surface area contributed by atoms with Gasteiger partial charge in [-0.3, -0.25) is 9.48 Å². The molecule has 0 bridgehead atoms. The van der Waals surface area contributed by atoms with Crippen molar-refractivity contribution >= 4 is 41.2 Å². The van der Waals surface area contributed by atoms with Crippen LogP contribution in [0.5, 0.6) is 5.75 Å². The van der Waals surface area contributed by atoms with Gasteiger partial charge in [0.25, 0.3) is 5.91 Å². The van der Waals surface area contributed by atoms with Crippen LogP contribution in [0.4, 0.5) is 11.5 Å². The van der Waals surface area contributed by atoms with E-state index in [4.69, 9.17) is 26.7 Å². The number of hydrogen-bond acceptors (Lipinski definition) is 7. The number of fused-ring (bicyclic) bond motifs is 1. The van der Waals surface area contributed by atoms with E-state index < -0.39 is 13.0 Å². The summed E-state index contributed by atoms with van der Waals surface area (Å²) in [4.78, 5) is 11.9. The predicted molar refractivity (Wildman–Crippen MR) is 106 cm³/mol. The van der Waals surface area contributed by atoms with Crippen LogP contribution in [-0.2, 0) is 4.74 Å². The first-order chi connectivity index (χ1) is 14.0. The van der Waals surface area contributed by atoms with Gasteiger partial charge < -0.3 is 25.5 Å². The molecule has 148 valence electrons. The number of halogens is 1. The number of amides is 1. The summed E-state index contributed by atoms with van der Waals surface area (Å²) in [5.74, 6) is 1.16. The van der Waals surface area contributed by atoms with Crippen LogP contribution in [0.15, 0.2) is 30.4 Å². The first-order valence-electron chi connectivity index (χ1n) is 8.96. The van der Waals surface area contributed by atoms with E-state index in [1.807, 2.05) is 0 Å². The highest BCUT2D eigenvalue weighted by molar-refractivity contribution is 6.61. The average Bonchev–Trinajstić information content (AvgIpc) is 3.12. The van der Waals surface area contributed by atoms with Crippen molar-refractivity contribution in [3.8, 4) is 11.8 Å². The van der Waals surface area contributed by atoms with Crippen molar-refractivity contribution in [3.05, 3.63) is 41.5 Å². The maximum absolute atomic E-state index is 11.9. The second-order valence-corrected chi connectivity index (χ2v) is 7.17. The maximum atomic E-state index is 11.9. The lowest BCUT2D eigenvalue weighted by molar-refractivity contribution is 0.0342. The van der Waals surface area contributed by atoms with E-state index in [-0.39, 0.29) is 23.3 Å². The summed E-state index contributed by atoms with van der Waals surface area (Å²) in [6.07, 6.45) is 2.12. The van der Waals surface area contributed by atoms with Gasteiger partial charge in [-0.05, 0) is 30.6 Å². The van der Waals surface area contributed by atoms with Crippen molar-refractivity contribution in [2.75, 3.05) is 18.5 Å². The maximum Gasteiger partial charge on any atom is 0.553 e. The highest BCUT2D eigenvalue weighted by Gasteiger charge is 2.30. The fourth-order valence-corrected chi connectivity index (χ4v) is 3.64. The van der Waals surface area contributed by atoms with Gasteiger partial charge in [0.15, 0.2) is 5.82 Å². The Bertz CT molecular complexity index is 1030. The Balaban J connectivity index is 1.65. The molecule has 9 nitrogen and oxygen atoms in total. The Morgan fingerprint density at radius 2 is 2.34 bits per heavy atom. The third-order valence-corrected chi connectivity index (χ3v) is 5.20. The molecule has 3 heterocycles. The van der Waals surface area contributed by atoms with Crippen LogP contribution in [0.3, 0.4) is 0 Å². The van der Waals surface area contributed by atoms with E-state index in [2.05, 4.69) is 16.5 Å². The van der Waals surface area contributed by atoms with Crippen molar-refractivity contribution in [1.82, 2.24) is 9.78 Å². The summed E-state index contributed by atoms with van der Waals surface area (Å²) in [5.41, 5.74) is 6.90. The molecule has 1 amide bonds. The van der Waals surface area contributed by atoms with Gasteiger partial charge in [-0.15, -0.1) is 0 Å². The number of nitriles is 1. The Kier molecular flexibility index (Phi) is 5.19. The van der Waals surface area contributed by atoms with Crippen molar-refractivity contribution in [1.29, 1.82) is 5.26 Å². The molecule has 2 aliphatic rings. The summed E-state index contributed by atoms with van der Waals surface area (Å²) in [5, 5.41) is 26.9. The first kappa shape index (κ1) is 19.3. The van der Waals surface area contributed by atoms with Gasteiger partial charge in [-0.25, -0.2) is 0 Å². The number of carbonyl (C=O) groups is 1. The summed E-state index contributed by atoms with van der Waals surface area (Å²) < 4.78 is 12.3. The zero-order chi connectivity index (χ0) is 20.5. The van der Waals surface area contributed by atoms with Gasteiger partial charge in [0.05, 0.1) is 24.6 Å². The molecule has 2 aliphatic heterocycles. The van der Waals surface area contributed by atoms with Crippen LogP contribution >= 0.6 is 11.6 Å². The topological polar surface area (TPSA) is 135 Å². The number of nitrogens with two attached hydrogens (primary N) is 1. The minimum atomic E-state index is -1.10. The highest BCUT2D eigenvalue weighted by atomic mass is 35.5. The second-order valence-electron chi connectivity index (χ2n) is 6.76. The highest BCUT2D eigenvalue weighted by Crippen LogP contribution is 2.36. The third kappa shape index (κ3) is 3.80. The van der Waals surface area contributed by atoms with Crippen molar-refractivity contribution < 1.29 is 19.2 Å². The number of primary amides is 1. The molecule has 1 unspecified atom stereocenters. The lowest BCUT2D eigenvalue weighted by atomic mass is 9.86. The van der Waals surface area contributed by atoms with Gasteiger partial charge in [-0.1, -0.05) is 11.6 Å². The van der Waals surface area contributed by atoms with Crippen LogP contribution in [0.2, 0.25) is 0 Å². The molecule has 2 atom stereocenters. The molecule has 2 aromatic rings. The first-order valence-corrected chi connectivity index (χ1v) is 9.34. The van der Waals surface area contributed by atoms with E-state index in [0.717, 1.165) is 0 Å². The fraction of sp³-hybridized carbons (Fsp3) is 0.278. The number of hydrogen-bond donors (Lipinski definition) is 3. The Morgan fingerprint density at radius 1 is 1.52 bits per heavy atom. The monoisotopic (exact) mass is 413 g/mol.